The summed E-state index contributed by atoms with van der Waals surface area (Å²) in [6, 6.07) is 10.3. The van der Waals surface area contributed by atoms with Gasteiger partial charge < -0.3 is 5.32 Å². The van der Waals surface area contributed by atoms with Crippen molar-refractivity contribution in [2.45, 2.75) is 0 Å². The van der Waals surface area contributed by atoms with Crippen LogP contribution in [0, 0.1) is 10.1 Å². The molecule has 0 aliphatic rings. The topological polar surface area (TPSA) is 72.2 Å². The molecule has 0 spiro atoms. The maximum absolute atomic E-state index is 12.0. The summed E-state index contributed by atoms with van der Waals surface area (Å²) in [6.07, 6.45) is 0. The Bertz CT molecular complexity index is 672. The lowest BCUT2D eigenvalue weighted by Crippen LogP contribution is -2.13. The second kappa shape index (κ2) is 5.90. The molecular formula is C13H8Cl2N2O3. The molecule has 0 bridgehead atoms. The standard InChI is InChI=1S/C13H8Cl2N2O3/c14-8-1-4-10(5-2-8)16-13(18)11-6-3-9(15)7-12(11)17(19)20/h1-7H,(H,16,18). The van der Waals surface area contributed by atoms with Gasteiger partial charge >= 0.3 is 0 Å². The molecule has 0 saturated carbocycles. The van der Waals surface area contributed by atoms with Gasteiger partial charge in [-0.15, -0.1) is 0 Å². The van der Waals surface area contributed by atoms with Crippen LogP contribution in [0.4, 0.5) is 11.4 Å². The normalized spacial score (nSPS) is 10.1. The number of nitro benzene ring substituents is 1. The van der Waals surface area contributed by atoms with Gasteiger partial charge in [-0.1, -0.05) is 23.2 Å². The van der Waals surface area contributed by atoms with E-state index in [0.717, 1.165) is 6.07 Å². The molecule has 5 nitrogen and oxygen atoms in total. The maximum Gasteiger partial charge on any atom is 0.283 e. The minimum Gasteiger partial charge on any atom is -0.322 e. The fourth-order valence-electron chi connectivity index (χ4n) is 1.58. The number of carbonyl (C=O) groups is 1. The van der Waals surface area contributed by atoms with E-state index < -0.39 is 10.8 Å². The molecule has 20 heavy (non-hydrogen) atoms. The quantitative estimate of drug-likeness (QED) is 0.683. The van der Waals surface area contributed by atoms with E-state index in [1.807, 2.05) is 0 Å². The Morgan fingerprint density at radius 2 is 1.65 bits per heavy atom. The van der Waals surface area contributed by atoms with Gasteiger partial charge in [-0.25, -0.2) is 0 Å². The molecule has 2 aromatic carbocycles. The molecule has 0 aromatic heterocycles. The van der Waals surface area contributed by atoms with E-state index in [1.54, 1.807) is 24.3 Å². The zero-order valence-electron chi connectivity index (χ0n) is 9.97. The summed E-state index contributed by atoms with van der Waals surface area (Å²) < 4.78 is 0. The van der Waals surface area contributed by atoms with Crippen LogP contribution in [-0.4, -0.2) is 10.8 Å². The molecule has 2 rings (SSSR count). The molecule has 0 radical (unpaired) electrons. The minimum atomic E-state index is -0.650. The lowest BCUT2D eigenvalue weighted by atomic mass is 10.1. The van der Waals surface area contributed by atoms with Crippen LogP contribution in [0.5, 0.6) is 0 Å². The minimum absolute atomic E-state index is 0.0608. The number of nitrogens with one attached hydrogen (secondary N) is 1. The van der Waals surface area contributed by atoms with Gasteiger partial charge in [-0.05, 0) is 36.4 Å². The van der Waals surface area contributed by atoms with Crippen molar-refractivity contribution >= 4 is 40.5 Å². The summed E-state index contributed by atoms with van der Waals surface area (Å²) in [5.41, 5.74) is 0.0851. The fraction of sp³-hybridized carbons (Fsp3) is 0. The van der Waals surface area contributed by atoms with Gasteiger partial charge in [0.2, 0.25) is 0 Å². The van der Waals surface area contributed by atoms with Crippen molar-refractivity contribution in [3.05, 3.63) is 68.2 Å². The van der Waals surface area contributed by atoms with E-state index in [9.17, 15) is 14.9 Å². The third kappa shape index (κ3) is 3.26. The smallest absolute Gasteiger partial charge is 0.283 e. The lowest BCUT2D eigenvalue weighted by Gasteiger charge is -2.06. The first kappa shape index (κ1) is 14.3. The molecule has 0 fully saturated rings. The average molecular weight is 311 g/mol. The van der Waals surface area contributed by atoms with Crippen molar-refractivity contribution in [2.24, 2.45) is 0 Å². The molecule has 0 unspecified atom stereocenters. The van der Waals surface area contributed by atoms with Crippen LogP contribution in [0.1, 0.15) is 10.4 Å². The van der Waals surface area contributed by atoms with Crippen molar-refractivity contribution in [3.63, 3.8) is 0 Å². The number of benzene rings is 2. The highest BCUT2D eigenvalue weighted by molar-refractivity contribution is 6.31. The predicted octanol–water partition coefficient (Wildman–Crippen LogP) is 4.15. The maximum atomic E-state index is 12.0. The van der Waals surface area contributed by atoms with Crippen molar-refractivity contribution in [1.29, 1.82) is 0 Å². The SMILES string of the molecule is O=C(Nc1ccc(Cl)cc1)c1ccc(Cl)cc1[N+](=O)[O-]. The number of nitro groups is 1. The molecule has 7 heteroatoms. The highest BCUT2D eigenvalue weighted by Crippen LogP contribution is 2.24. The van der Waals surface area contributed by atoms with Crippen molar-refractivity contribution < 1.29 is 9.72 Å². The van der Waals surface area contributed by atoms with Crippen molar-refractivity contribution in [2.75, 3.05) is 5.32 Å². The highest BCUT2D eigenvalue weighted by atomic mass is 35.5. The number of hydrogen-bond acceptors (Lipinski definition) is 3. The number of carbonyl (C=O) groups excluding carboxylic acids is 1. The summed E-state index contributed by atoms with van der Waals surface area (Å²) in [4.78, 5) is 22.3. The first-order chi connectivity index (χ1) is 9.47. The van der Waals surface area contributed by atoms with E-state index in [-0.39, 0.29) is 16.3 Å². The molecule has 2 aromatic rings. The van der Waals surface area contributed by atoms with E-state index in [1.165, 1.54) is 12.1 Å². The molecule has 1 amide bonds. The van der Waals surface area contributed by atoms with Crippen molar-refractivity contribution in [3.8, 4) is 0 Å². The Kier molecular flexibility index (Phi) is 4.22. The molecule has 0 aliphatic heterocycles. The summed E-state index contributed by atoms with van der Waals surface area (Å²) >= 11 is 11.4. The second-order valence-electron chi connectivity index (χ2n) is 3.88. The average Bonchev–Trinajstić information content (AvgIpc) is 2.41. The van der Waals surface area contributed by atoms with Crippen LogP contribution in [0.3, 0.4) is 0 Å². The zero-order valence-corrected chi connectivity index (χ0v) is 11.5. The molecule has 1 N–H and O–H groups in total. The summed E-state index contributed by atoms with van der Waals surface area (Å²) in [7, 11) is 0. The number of amides is 1. The van der Waals surface area contributed by atoms with E-state index in [0.29, 0.717) is 10.7 Å². The van der Waals surface area contributed by atoms with Gasteiger partial charge in [0, 0.05) is 21.8 Å². The molecule has 0 aliphatic carbocycles. The molecule has 0 atom stereocenters. The summed E-state index contributed by atoms with van der Waals surface area (Å²) in [5.74, 6) is -0.587. The number of halogens is 2. The van der Waals surface area contributed by atoms with Crippen LogP contribution >= 0.6 is 23.2 Å². The van der Waals surface area contributed by atoms with Gasteiger partial charge in [0.15, 0.2) is 0 Å². The molecule has 0 heterocycles. The Balaban J connectivity index is 2.29. The van der Waals surface area contributed by atoms with Crippen LogP contribution in [0.15, 0.2) is 42.5 Å². The Hall–Kier alpha value is -2.11. The molecular weight excluding hydrogens is 303 g/mol. The Labute approximate surface area is 124 Å². The summed E-state index contributed by atoms with van der Waals surface area (Å²) in [5, 5.41) is 14.2. The van der Waals surface area contributed by atoms with Gasteiger partial charge in [0.05, 0.1) is 4.92 Å². The summed E-state index contributed by atoms with van der Waals surface area (Å²) in [6.45, 7) is 0. The van der Waals surface area contributed by atoms with Crippen LogP contribution in [0.2, 0.25) is 10.0 Å². The van der Waals surface area contributed by atoms with Crippen LogP contribution in [-0.2, 0) is 0 Å². The van der Waals surface area contributed by atoms with E-state index in [4.69, 9.17) is 23.2 Å². The largest absolute Gasteiger partial charge is 0.322 e. The van der Waals surface area contributed by atoms with E-state index >= 15 is 0 Å². The third-order valence-electron chi connectivity index (χ3n) is 2.50. The number of rotatable bonds is 3. The molecule has 0 saturated heterocycles. The zero-order chi connectivity index (χ0) is 14.7. The monoisotopic (exact) mass is 310 g/mol. The highest BCUT2D eigenvalue weighted by Gasteiger charge is 2.20. The van der Waals surface area contributed by atoms with E-state index in [2.05, 4.69) is 5.32 Å². The number of nitrogens with zero attached hydrogens (tertiary/aromatic N) is 1. The first-order valence-corrected chi connectivity index (χ1v) is 6.24. The van der Waals surface area contributed by atoms with Gasteiger partial charge in [0.25, 0.3) is 11.6 Å². The first-order valence-electron chi connectivity index (χ1n) is 5.48. The van der Waals surface area contributed by atoms with Crippen molar-refractivity contribution in [1.82, 2.24) is 0 Å². The Morgan fingerprint density at radius 3 is 2.25 bits per heavy atom. The van der Waals surface area contributed by atoms with Gasteiger partial charge in [-0.3, -0.25) is 14.9 Å². The van der Waals surface area contributed by atoms with Crippen LogP contribution < -0.4 is 5.32 Å². The third-order valence-corrected chi connectivity index (χ3v) is 2.99. The second-order valence-corrected chi connectivity index (χ2v) is 4.75. The Morgan fingerprint density at radius 1 is 1.05 bits per heavy atom. The number of hydrogen-bond donors (Lipinski definition) is 1. The predicted molar refractivity (Wildman–Crippen MR) is 77.5 cm³/mol. The van der Waals surface area contributed by atoms with Gasteiger partial charge in [-0.2, -0.15) is 0 Å². The lowest BCUT2D eigenvalue weighted by molar-refractivity contribution is -0.385. The van der Waals surface area contributed by atoms with Gasteiger partial charge in [0.1, 0.15) is 5.56 Å². The van der Waals surface area contributed by atoms with Crippen LogP contribution in [0.25, 0.3) is 0 Å². The fourth-order valence-corrected chi connectivity index (χ4v) is 1.87. The number of anilines is 1. The molecule has 102 valence electrons.